The summed E-state index contributed by atoms with van der Waals surface area (Å²) in [5, 5.41) is 3.59. The first-order valence-corrected chi connectivity index (χ1v) is 6.49. The first kappa shape index (κ1) is 12.0. The van der Waals surface area contributed by atoms with Crippen LogP contribution in [0.25, 0.3) is 0 Å². The summed E-state index contributed by atoms with van der Waals surface area (Å²) in [5.41, 5.74) is 6.47. The minimum absolute atomic E-state index is 0.193. The quantitative estimate of drug-likeness (QED) is 0.836. The van der Waals surface area contributed by atoms with E-state index < -0.39 is 0 Å². The van der Waals surface area contributed by atoms with Crippen LogP contribution in [0.15, 0.2) is 35.4 Å². The number of nitrogen functional groups attached to an aromatic ring is 1. The summed E-state index contributed by atoms with van der Waals surface area (Å²) < 4.78 is 0. The Hall–Kier alpha value is -1.46. The van der Waals surface area contributed by atoms with Gasteiger partial charge in [0.2, 0.25) is 5.95 Å². The van der Waals surface area contributed by atoms with Gasteiger partial charge in [0.05, 0.1) is 11.9 Å². The number of anilines is 3. The molecule has 0 spiro atoms. The zero-order valence-electron chi connectivity index (χ0n) is 9.14. The fraction of sp³-hybridized carbons (Fsp3) is 0.0909. The number of nitrogens with one attached hydrogen (secondary N) is 1. The van der Waals surface area contributed by atoms with Crippen LogP contribution in [0.5, 0.6) is 0 Å². The number of para-hydroxylation sites is 1. The third kappa shape index (κ3) is 2.81. The van der Waals surface area contributed by atoms with E-state index in [1.54, 1.807) is 11.8 Å². The smallest absolute Gasteiger partial charge is 0.222 e. The van der Waals surface area contributed by atoms with E-state index in [9.17, 15) is 0 Å². The molecule has 1 aromatic heterocycles. The van der Waals surface area contributed by atoms with E-state index in [1.165, 1.54) is 6.20 Å². The maximum atomic E-state index is 5.99. The molecular formula is C11H11ClN4S. The van der Waals surface area contributed by atoms with Crippen molar-refractivity contribution in [3.8, 4) is 0 Å². The van der Waals surface area contributed by atoms with E-state index in [4.69, 9.17) is 17.3 Å². The highest BCUT2D eigenvalue weighted by Crippen LogP contribution is 2.29. The van der Waals surface area contributed by atoms with E-state index in [1.807, 2.05) is 30.5 Å². The van der Waals surface area contributed by atoms with Crippen LogP contribution in [0.4, 0.5) is 17.5 Å². The predicted molar refractivity (Wildman–Crippen MR) is 73.0 cm³/mol. The average Bonchev–Trinajstić information content (AvgIpc) is 2.34. The van der Waals surface area contributed by atoms with Gasteiger partial charge < -0.3 is 11.1 Å². The van der Waals surface area contributed by atoms with E-state index in [0.29, 0.717) is 10.8 Å². The SMILES string of the molecule is CSc1ccccc1Nc1nc(N)ncc1Cl. The first-order chi connectivity index (χ1) is 8.20. The summed E-state index contributed by atoms with van der Waals surface area (Å²) in [4.78, 5) is 8.98. The molecule has 4 nitrogen and oxygen atoms in total. The molecule has 0 atom stereocenters. The van der Waals surface area contributed by atoms with Crippen LogP contribution in [0.3, 0.4) is 0 Å². The lowest BCUT2D eigenvalue weighted by Gasteiger charge is -2.10. The Bertz CT molecular complexity index is 533. The number of thioether (sulfide) groups is 1. The molecule has 0 radical (unpaired) electrons. The molecule has 88 valence electrons. The highest BCUT2D eigenvalue weighted by atomic mass is 35.5. The number of halogens is 1. The van der Waals surface area contributed by atoms with Crippen LogP contribution in [-0.4, -0.2) is 16.2 Å². The second-order valence-corrected chi connectivity index (χ2v) is 4.51. The predicted octanol–water partition coefficient (Wildman–Crippen LogP) is 3.18. The molecular weight excluding hydrogens is 256 g/mol. The minimum atomic E-state index is 0.193. The van der Waals surface area contributed by atoms with E-state index in [0.717, 1.165) is 10.6 Å². The van der Waals surface area contributed by atoms with Crippen LogP contribution in [0.2, 0.25) is 5.02 Å². The molecule has 3 N–H and O–H groups in total. The van der Waals surface area contributed by atoms with Gasteiger partial charge in [-0.3, -0.25) is 0 Å². The lowest BCUT2D eigenvalue weighted by atomic mass is 10.3. The van der Waals surface area contributed by atoms with Crippen molar-refractivity contribution < 1.29 is 0 Å². The fourth-order valence-corrected chi connectivity index (χ4v) is 2.04. The van der Waals surface area contributed by atoms with Gasteiger partial charge in [-0.05, 0) is 18.4 Å². The number of benzene rings is 1. The van der Waals surface area contributed by atoms with Crippen molar-refractivity contribution in [2.45, 2.75) is 4.90 Å². The van der Waals surface area contributed by atoms with Gasteiger partial charge in [0.25, 0.3) is 0 Å². The second-order valence-electron chi connectivity index (χ2n) is 3.25. The zero-order chi connectivity index (χ0) is 12.3. The number of nitrogens with two attached hydrogens (primary N) is 1. The van der Waals surface area contributed by atoms with Crippen molar-refractivity contribution in [3.05, 3.63) is 35.5 Å². The number of aromatic nitrogens is 2. The average molecular weight is 267 g/mol. The molecule has 0 saturated heterocycles. The van der Waals surface area contributed by atoms with Gasteiger partial charge in [-0.2, -0.15) is 4.98 Å². The van der Waals surface area contributed by atoms with E-state index >= 15 is 0 Å². The molecule has 2 aromatic rings. The Balaban J connectivity index is 2.34. The molecule has 0 fully saturated rings. The van der Waals surface area contributed by atoms with E-state index in [2.05, 4.69) is 15.3 Å². The number of nitrogens with zero attached hydrogens (tertiary/aromatic N) is 2. The third-order valence-corrected chi connectivity index (χ3v) is 3.20. The molecule has 0 bridgehead atoms. The standard InChI is InChI=1S/C11H11ClN4S/c1-17-9-5-3-2-4-8(9)15-10-7(12)6-14-11(13)16-10/h2-6H,1H3,(H3,13,14,15,16). The molecule has 0 amide bonds. The summed E-state index contributed by atoms with van der Waals surface area (Å²) in [6, 6.07) is 7.90. The van der Waals surface area contributed by atoms with Crippen LogP contribution < -0.4 is 11.1 Å². The van der Waals surface area contributed by atoms with Gasteiger partial charge in [0, 0.05) is 4.90 Å². The Morgan fingerprint density at radius 2 is 2.12 bits per heavy atom. The van der Waals surface area contributed by atoms with Gasteiger partial charge in [-0.15, -0.1) is 11.8 Å². The maximum Gasteiger partial charge on any atom is 0.222 e. The van der Waals surface area contributed by atoms with Crippen LogP contribution in [-0.2, 0) is 0 Å². The lowest BCUT2D eigenvalue weighted by molar-refractivity contribution is 1.18. The second kappa shape index (κ2) is 5.25. The van der Waals surface area contributed by atoms with Crippen molar-refractivity contribution >= 4 is 40.8 Å². The van der Waals surface area contributed by atoms with Crippen LogP contribution in [0, 0.1) is 0 Å². The maximum absolute atomic E-state index is 5.99. The molecule has 1 heterocycles. The number of hydrogen-bond acceptors (Lipinski definition) is 5. The molecule has 1 aromatic carbocycles. The molecule has 0 aliphatic rings. The van der Waals surface area contributed by atoms with Crippen molar-refractivity contribution in [1.29, 1.82) is 0 Å². The summed E-state index contributed by atoms with van der Waals surface area (Å²) >= 11 is 7.64. The molecule has 0 saturated carbocycles. The Labute approximate surface area is 109 Å². The topological polar surface area (TPSA) is 63.8 Å². The fourth-order valence-electron chi connectivity index (χ4n) is 1.34. The van der Waals surface area contributed by atoms with Gasteiger partial charge >= 0.3 is 0 Å². The number of rotatable bonds is 3. The van der Waals surface area contributed by atoms with Crippen LogP contribution >= 0.6 is 23.4 Å². The summed E-state index contributed by atoms with van der Waals surface area (Å²) in [7, 11) is 0. The van der Waals surface area contributed by atoms with Gasteiger partial charge in [-0.25, -0.2) is 4.98 Å². The van der Waals surface area contributed by atoms with Crippen molar-refractivity contribution in [2.75, 3.05) is 17.3 Å². The van der Waals surface area contributed by atoms with E-state index in [-0.39, 0.29) is 5.95 Å². The molecule has 2 rings (SSSR count). The summed E-state index contributed by atoms with van der Waals surface area (Å²) in [5.74, 6) is 0.708. The van der Waals surface area contributed by atoms with Crippen LogP contribution in [0.1, 0.15) is 0 Å². The number of hydrogen-bond donors (Lipinski definition) is 2. The summed E-state index contributed by atoms with van der Waals surface area (Å²) in [6.45, 7) is 0. The van der Waals surface area contributed by atoms with Gasteiger partial charge in [0.1, 0.15) is 5.02 Å². The summed E-state index contributed by atoms with van der Waals surface area (Å²) in [6.07, 6.45) is 3.49. The molecule has 17 heavy (non-hydrogen) atoms. The lowest BCUT2D eigenvalue weighted by Crippen LogP contribution is -2.00. The molecule has 0 aliphatic heterocycles. The van der Waals surface area contributed by atoms with Crippen molar-refractivity contribution in [2.24, 2.45) is 0 Å². The van der Waals surface area contributed by atoms with Gasteiger partial charge in [-0.1, -0.05) is 23.7 Å². The third-order valence-electron chi connectivity index (χ3n) is 2.12. The molecule has 6 heteroatoms. The Kier molecular flexibility index (Phi) is 3.71. The highest BCUT2D eigenvalue weighted by molar-refractivity contribution is 7.98. The largest absolute Gasteiger partial charge is 0.368 e. The van der Waals surface area contributed by atoms with Gasteiger partial charge in [0.15, 0.2) is 5.82 Å². The van der Waals surface area contributed by atoms with Crippen molar-refractivity contribution in [3.63, 3.8) is 0 Å². The minimum Gasteiger partial charge on any atom is -0.368 e. The zero-order valence-corrected chi connectivity index (χ0v) is 10.7. The monoisotopic (exact) mass is 266 g/mol. The molecule has 0 unspecified atom stereocenters. The normalized spacial score (nSPS) is 10.2. The molecule has 0 aliphatic carbocycles. The Morgan fingerprint density at radius 1 is 1.35 bits per heavy atom. The Morgan fingerprint density at radius 3 is 2.88 bits per heavy atom. The van der Waals surface area contributed by atoms with Crippen molar-refractivity contribution in [1.82, 2.24) is 9.97 Å². The highest BCUT2D eigenvalue weighted by Gasteiger charge is 2.06. The first-order valence-electron chi connectivity index (χ1n) is 4.89.